The van der Waals surface area contributed by atoms with Gasteiger partial charge in [0.25, 0.3) is 0 Å². The van der Waals surface area contributed by atoms with Crippen LogP contribution in [-0.2, 0) is 4.79 Å². The maximum absolute atomic E-state index is 11.3. The highest BCUT2D eigenvalue weighted by molar-refractivity contribution is 8.00. The lowest BCUT2D eigenvalue weighted by molar-refractivity contribution is -0.118. The zero-order chi connectivity index (χ0) is 11.1. The van der Waals surface area contributed by atoms with E-state index in [0.29, 0.717) is 22.6 Å². The van der Waals surface area contributed by atoms with Crippen molar-refractivity contribution in [2.45, 2.75) is 18.1 Å². The van der Waals surface area contributed by atoms with Gasteiger partial charge in [0.2, 0.25) is 5.91 Å². The molecular weight excluding hydrogens is 232 g/mol. The summed E-state index contributed by atoms with van der Waals surface area (Å²) in [7, 11) is 0. The van der Waals surface area contributed by atoms with Crippen molar-refractivity contribution in [3.8, 4) is 0 Å². The van der Waals surface area contributed by atoms with Gasteiger partial charge < -0.3 is 10.6 Å². The minimum Gasteiger partial charge on any atom is -0.350 e. The fourth-order valence-electron chi connectivity index (χ4n) is 1.40. The average Bonchev–Trinajstić information content (AvgIpc) is 2.25. The molecule has 0 atom stereocenters. The van der Waals surface area contributed by atoms with Crippen LogP contribution in [0, 0.1) is 0 Å². The van der Waals surface area contributed by atoms with Crippen molar-refractivity contribution in [1.29, 1.82) is 0 Å². The Hall–Kier alpha value is -0.190. The molecule has 0 radical (unpaired) electrons. The first kappa shape index (κ1) is 12.9. The molecule has 1 aliphatic heterocycles. The molecule has 0 bridgehead atoms. The molecular formula is C10H17ClN2OS. The first-order valence-corrected chi connectivity index (χ1v) is 6.53. The third-order valence-corrected chi connectivity index (χ3v) is 3.72. The summed E-state index contributed by atoms with van der Waals surface area (Å²) in [6, 6.07) is 0. The predicted octanol–water partition coefficient (Wildman–Crippen LogP) is 1.34. The molecule has 0 aliphatic carbocycles. The van der Waals surface area contributed by atoms with Gasteiger partial charge in [-0.15, -0.1) is 11.8 Å². The molecule has 1 amide bonds. The average molecular weight is 249 g/mol. The molecule has 0 spiro atoms. The van der Waals surface area contributed by atoms with Crippen molar-refractivity contribution in [1.82, 2.24) is 10.6 Å². The lowest BCUT2D eigenvalue weighted by Gasteiger charge is -2.21. The maximum atomic E-state index is 11.3. The van der Waals surface area contributed by atoms with Gasteiger partial charge in [-0.1, -0.05) is 18.2 Å². The van der Waals surface area contributed by atoms with Crippen LogP contribution < -0.4 is 10.6 Å². The van der Waals surface area contributed by atoms with E-state index in [1.807, 2.05) is 0 Å². The highest BCUT2D eigenvalue weighted by atomic mass is 35.5. The second-order valence-electron chi connectivity index (χ2n) is 3.55. The molecule has 1 rings (SSSR count). The molecule has 1 aliphatic rings. The second kappa shape index (κ2) is 7.14. The maximum Gasteiger partial charge on any atom is 0.230 e. The largest absolute Gasteiger partial charge is 0.350 e. The Labute approximate surface area is 100 Å². The summed E-state index contributed by atoms with van der Waals surface area (Å²) in [5.41, 5.74) is 0. The van der Waals surface area contributed by atoms with Gasteiger partial charge in [0.1, 0.15) is 0 Å². The molecule has 5 heteroatoms. The molecule has 0 aromatic rings. The van der Waals surface area contributed by atoms with Crippen LogP contribution >= 0.6 is 23.4 Å². The Bertz CT molecular complexity index is 229. The summed E-state index contributed by atoms with van der Waals surface area (Å²) < 4.78 is 0. The van der Waals surface area contributed by atoms with E-state index in [1.165, 1.54) is 0 Å². The van der Waals surface area contributed by atoms with Crippen molar-refractivity contribution in [3.05, 3.63) is 11.6 Å². The van der Waals surface area contributed by atoms with Crippen LogP contribution in [0.2, 0.25) is 0 Å². The minimum atomic E-state index is 0.0420. The van der Waals surface area contributed by atoms with Crippen LogP contribution in [-0.4, -0.2) is 36.5 Å². The van der Waals surface area contributed by atoms with E-state index in [-0.39, 0.29) is 5.91 Å². The summed E-state index contributed by atoms with van der Waals surface area (Å²) in [5, 5.41) is 7.10. The first-order chi connectivity index (χ1) is 7.18. The Morgan fingerprint density at radius 3 is 2.80 bits per heavy atom. The van der Waals surface area contributed by atoms with Crippen LogP contribution in [0.5, 0.6) is 0 Å². The molecule has 15 heavy (non-hydrogen) atoms. The van der Waals surface area contributed by atoms with E-state index in [1.54, 1.807) is 11.8 Å². The van der Waals surface area contributed by atoms with Gasteiger partial charge in [0.05, 0.1) is 12.3 Å². The minimum absolute atomic E-state index is 0.0420. The van der Waals surface area contributed by atoms with E-state index in [4.69, 9.17) is 11.6 Å². The molecule has 3 nitrogen and oxygen atoms in total. The standard InChI is InChI=1S/C10H17ClN2OS/c1-8(11)6-13-10(14)7-15-9-2-4-12-5-3-9/h9,12H,1-7H2,(H,13,14). The zero-order valence-electron chi connectivity index (χ0n) is 8.72. The quantitative estimate of drug-likeness (QED) is 0.772. The van der Waals surface area contributed by atoms with E-state index in [9.17, 15) is 4.79 Å². The molecule has 2 N–H and O–H groups in total. The van der Waals surface area contributed by atoms with Crippen LogP contribution in [0.15, 0.2) is 11.6 Å². The van der Waals surface area contributed by atoms with Crippen molar-refractivity contribution in [2.24, 2.45) is 0 Å². The normalized spacial score (nSPS) is 17.4. The summed E-state index contributed by atoms with van der Waals surface area (Å²) in [4.78, 5) is 11.3. The topological polar surface area (TPSA) is 41.1 Å². The van der Waals surface area contributed by atoms with E-state index in [2.05, 4.69) is 17.2 Å². The Morgan fingerprint density at radius 1 is 1.53 bits per heavy atom. The number of hydrogen-bond donors (Lipinski definition) is 2. The number of carbonyl (C=O) groups excluding carboxylic acids is 1. The molecule has 1 heterocycles. The highest BCUT2D eigenvalue weighted by Crippen LogP contribution is 2.19. The Balaban J connectivity index is 2.07. The Morgan fingerprint density at radius 2 is 2.20 bits per heavy atom. The second-order valence-corrected chi connectivity index (χ2v) is 5.38. The fraction of sp³-hybridized carbons (Fsp3) is 0.700. The lowest BCUT2D eigenvalue weighted by atomic mass is 10.2. The predicted molar refractivity (Wildman–Crippen MR) is 66.4 cm³/mol. The van der Waals surface area contributed by atoms with Crippen LogP contribution in [0.4, 0.5) is 0 Å². The SMILES string of the molecule is C=C(Cl)CNC(=O)CSC1CCNCC1. The van der Waals surface area contributed by atoms with E-state index < -0.39 is 0 Å². The number of rotatable bonds is 5. The number of thioether (sulfide) groups is 1. The summed E-state index contributed by atoms with van der Waals surface area (Å²) in [6.45, 7) is 6.02. The number of carbonyl (C=O) groups is 1. The molecule has 0 aromatic heterocycles. The fourth-order valence-corrected chi connectivity index (χ4v) is 2.53. The highest BCUT2D eigenvalue weighted by Gasteiger charge is 2.14. The van der Waals surface area contributed by atoms with Crippen LogP contribution in [0.25, 0.3) is 0 Å². The third-order valence-electron chi connectivity index (χ3n) is 2.21. The van der Waals surface area contributed by atoms with Crippen molar-refractivity contribution in [2.75, 3.05) is 25.4 Å². The molecule has 0 unspecified atom stereocenters. The number of hydrogen-bond acceptors (Lipinski definition) is 3. The van der Waals surface area contributed by atoms with Gasteiger partial charge in [-0.05, 0) is 25.9 Å². The summed E-state index contributed by atoms with van der Waals surface area (Å²) in [5.74, 6) is 0.565. The monoisotopic (exact) mass is 248 g/mol. The van der Waals surface area contributed by atoms with E-state index >= 15 is 0 Å². The third kappa shape index (κ3) is 6.07. The van der Waals surface area contributed by atoms with Gasteiger partial charge in [-0.3, -0.25) is 4.79 Å². The van der Waals surface area contributed by atoms with Gasteiger partial charge in [-0.2, -0.15) is 0 Å². The Kier molecular flexibility index (Phi) is 6.13. The van der Waals surface area contributed by atoms with E-state index in [0.717, 1.165) is 25.9 Å². The first-order valence-electron chi connectivity index (χ1n) is 5.11. The summed E-state index contributed by atoms with van der Waals surface area (Å²) in [6.07, 6.45) is 2.31. The molecule has 86 valence electrons. The van der Waals surface area contributed by atoms with Crippen molar-refractivity contribution < 1.29 is 4.79 Å². The van der Waals surface area contributed by atoms with Gasteiger partial charge >= 0.3 is 0 Å². The number of nitrogens with one attached hydrogen (secondary N) is 2. The van der Waals surface area contributed by atoms with Gasteiger partial charge in [0.15, 0.2) is 0 Å². The van der Waals surface area contributed by atoms with Crippen molar-refractivity contribution in [3.63, 3.8) is 0 Å². The van der Waals surface area contributed by atoms with Crippen molar-refractivity contribution >= 4 is 29.3 Å². The molecule has 0 saturated carbocycles. The molecule has 1 fully saturated rings. The number of halogens is 1. The molecule has 0 aromatic carbocycles. The van der Waals surface area contributed by atoms with Gasteiger partial charge in [-0.25, -0.2) is 0 Å². The number of amides is 1. The smallest absolute Gasteiger partial charge is 0.230 e. The van der Waals surface area contributed by atoms with Gasteiger partial charge in [0, 0.05) is 10.3 Å². The lowest BCUT2D eigenvalue weighted by Crippen LogP contribution is -2.31. The van der Waals surface area contributed by atoms with Crippen LogP contribution in [0.1, 0.15) is 12.8 Å². The molecule has 1 saturated heterocycles. The summed E-state index contributed by atoms with van der Waals surface area (Å²) >= 11 is 7.28. The zero-order valence-corrected chi connectivity index (χ0v) is 10.3. The number of piperidine rings is 1. The van der Waals surface area contributed by atoms with Crippen LogP contribution in [0.3, 0.4) is 0 Å².